The van der Waals surface area contributed by atoms with Crippen molar-refractivity contribution in [2.75, 3.05) is 7.11 Å². The van der Waals surface area contributed by atoms with Crippen molar-refractivity contribution in [2.45, 2.75) is 13.2 Å². The molecule has 3 aromatic rings. The van der Waals surface area contributed by atoms with Crippen LogP contribution in [-0.4, -0.2) is 23.9 Å². The summed E-state index contributed by atoms with van der Waals surface area (Å²) >= 11 is 6.38. The molecule has 9 heteroatoms. The van der Waals surface area contributed by atoms with E-state index in [0.29, 0.717) is 11.1 Å². The van der Waals surface area contributed by atoms with Gasteiger partial charge in [-0.25, -0.2) is 13.6 Å². The lowest BCUT2D eigenvalue weighted by Gasteiger charge is -2.14. The van der Waals surface area contributed by atoms with Gasteiger partial charge in [-0.15, -0.1) is 0 Å². The van der Waals surface area contributed by atoms with Crippen molar-refractivity contribution in [1.82, 2.24) is 10.2 Å². The molecular weight excluding hydrogens is 466 g/mol. The lowest BCUT2D eigenvalue weighted by atomic mass is 10.1. The van der Waals surface area contributed by atoms with E-state index in [1.165, 1.54) is 49.6 Å². The molecule has 0 unspecified atom stereocenters. The molecule has 1 aliphatic rings. The summed E-state index contributed by atoms with van der Waals surface area (Å²) in [5.41, 5.74) is 1.31. The van der Waals surface area contributed by atoms with Crippen LogP contribution in [0.3, 0.4) is 0 Å². The Hall–Kier alpha value is -3.91. The molecule has 0 radical (unpaired) electrons. The van der Waals surface area contributed by atoms with E-state index in [2.05, 4.69) is 5.32 Å². The normalized spacial score (nSPS) is 14.5. The molecule has 0 aliphatic carbocycles. The Bertz CT molecular complexity index is 1300. The van der Waals surface area contributed by atoms with E-state index in [1.807, 2.05) is 0 Å². The van der Waals surface area contributed by atoms with E-state index >= 15 is 0 Å². The number of ether oxygens (including phenoxy) is 2. The van der Waals surface area contributed by atoms with Crippen LogP contribution in [0.15, 0.2) is 66.4 Å². The third-order valence-corrected chi connectivity index (χ3v) is 5.36. The molecule has 3 amide bonds. The van der Waals surface area contributed by atoms with Gasteiger partial charge < -0.3 is 14.8 Å². The van der Waals surface area contributed by atoms with Crippen molar-refractivity contribution in [2.24, 2.45) is 0 Å². The van der Waals surface area contributed by atoms with Gasteiger partial charge in [-0.1, -0.05) is 41.9 Å². The predicted molar refractivity (Wildman–Crippen MR) is 122 cm³/mol. The highest BCUT2D eigenvalue weighted by Gasteiger charge is 2.34. The Morgan fingerprint density at radius 1 is 1.06 bits per heavy atom. The topological polar surface area (TPSA) is 67.9 Å². The number of carbonyl (C=O) groups is 2. The lowest BCUT2D eigenvalue weighted by molar-refractivity contribution is -0.123. The van der Waals surface area contributed by atoms with Crippen molar-refractivity contribution >= 4 is 29.6 Å². The van der Waals surface area contributed by atoms with Crippen LogP contribution >= 0.6 is 11.6 Å². The van der Waals surface area contributed by atoms with E-state index < -0.39 is 17.8 Å². The van der Waals surface area contributed by atoms with Gasteiger partial charge in [-0.05, 0) is 47.5 Å². The zero-order chi connectivity index (χ0) is 24.2. The number of rotatable bonds is 7. The van der Waals surface area contributed by atoms with Crippen LogP contribution in [0.2, 0.25) is 5.02 Å². The van der Waals surface area contributed by atoms with Gasteiger partial charge in [0.05, 0.1) is 18.7 Å². The van der Waals surface area contributed by atoms with Gasteiger partial charge in [-0.3, -0.25) is 9.69 Å². The first-order chi connectivity index (χ1) is 16.4. The molecule has 0 bridgehead atoms. The van der Waals surface area contributed by atoms with Crippen molar-refractivity contribution in [3.05, 3.63) is 99.7 Å². The van der Waals surface area contributed by atoms with Crippen LogP contribution in [-0.2, 0) is 17.9 Å². The summed E-state index contributed by atoms with van der Waals surface area (Å²) in [6.07, 6.45) is 1.44. The summed E-state index contributed by atoms with van der Waals surface area (Å²) < 4.78 is 38.5. The second kappa shape index (κ2) is 9.93. The van der Waals surface area contributed by atoms with E-state index in [4.69, 9.17) is 21.1 Å². The number of nitrogens with one attached hydrogen (secondary N) is 1. The number of hydrogen-bond acceptors (Lipinski definition) is 4. The molecule has 1 saturated heterocycles. The molecule has 1 aliphatic heterocycles. The van der Waals surface area contributed by atoms with Crippen molar-refractivity contribution in [3.8, 4) is 11.5 Å². The van der Waals surface area contributed by atoms with Crippen LogP contribution in [0.25, 0.3) is 6.08 Å². The maximum absolute atomic E-state index is 14.0. The molecule has 0 saturated carbocycles. The van der Waals surface area contributed by atoms with Gasteiger partial charge >= 0.3 is 6.03 Å². The fourth-order valence-electron chi connectivity index (χ4n) is 3.42. The van der Waals surface area contributed by atoms with E-state index in [1.54, 1.807) is 24.3 Å². The first-order valence-electron chi connectivity index (χ1n) is 10.2. The Morgan fingerprint density at radius 3 is 2.59 bits per heavy atom. The zero-order valence-electron chi connectivity index (χ0n) is 18.0. The van der Waals surface area contributed by atoms with Gasteiger partial charge in [0.2, 0.25) is 0 Å². The van der Waals surface area contributed by atoms with Crippen molar-refractivity contribution in [1.29, 1.82) is 0 Å². The van der Waals surface area contributed by atoms with Gasteiger partial charge in [0.25, 0.3) is 5.91 Å². The predicted octanol–water partition coefficient (Wildman–Crippen LogP) is 5.30. The Morgan fingerprint density at radius 2 is 1.85 bits per heavy atom. The first kappa shape index (κ1) is 23.3. The summed E-state index contributed by atoms with van der Waals surface area (Å²) in [6, 6.07) is 14.3. The first-order valence-corrected chi connectivity index (χ1v) is 10.6. The molecule has 6 nitrogen and oxygen atoms in total. The van der Waals surface area contributed by atoms with Gasteiger partial charge in [0.1, 0.15) is 23.9 Å². The quantitative estimate of drug-likeness (QED) is 0.365. The van der Waals surface area contributed by atoms with Crippen molar-refractivity contribution < 1.29 is 27.8 Å². The molecule has 0 atom stereocenters. The molecular formula is C25H19ClF2N2O4. The van der Waals surface area contributed by atoms with Crippen molar-refractivity contribution in [3.63, 3.8) is 0 Å². The summed E-state index contributed by atoms with van der Waals surface area (Å²) in [4.78, 5) is 26.0. The number of amides is 3. The van der Waals surface area contributed by atoms with Crippen LogP contribution in [0, 0.1) is 11.6 Å². The minimum absolute atomic E-state index is 0.00730. The number of carbonyl (C=O) groups excluding carboxylic acids is 2. The molecule has 0 spiro atoms. The fourth-order valence-corrected chi connectivity index (χ4v) is 3.70. The molecule has 174 valence electrons. The molecule has 34 heavy (non-hydrogen) atoms. The second-order valence-corrected chi connectivity index (χ2v) is 7.83. The van der Waals surface area contributed by atoms with Gasteiger partial charge in [-0.2, -0.15) is 0 Å². The Kier molecular flexibility index (Phi) is 6.79. The average Bonchev–Trinajstić information content (AvgIpc) is 3.06. The number of halogens is 3. The summed E-state index contributed by atoms with van der Waals surface area (Å²) in [5.74, 6) is -0.955. The number of methoxy groups -OCH3 is 1. The number of imide groups is 1. The monoisotopic (exact) mass is 484 g/mol. The zero-order valence-corrected chi connectivity index (χ0v) is 18.7. The van der Waals surface area contributed by atoms with Crippen LogP contribution in [0.5, 0.6) is 11.5 Å². The highest BCUT2D eigenvalue weighted by molar-refractivity contribution is 6.32. The second-order valence-electron chi connectivity index (χ2n) is 7.42. The minimum atomic E-state index is -0.660. The summed E-state index contributed by atoms with van der Waals surface area (Å²) in [5, 5.41) is 2.69. The van der Waals surface area contributed by atoms with Gasteiger partial charge in [0.15, 0.2) is 11.5 Å². The highest BCUT2D eigenvalue weighted by atomic mass is 35.5. The summed E-state index contributed by atoms with van der Waals surface area (Å²) in [7, 11) is 1.43. The maximum atomic E-state index is 14.0. The number of hydrogen-bond donors (Lipinski definition) is 1. The third kappa shape index (κ3) is 5.02. The molecule has 4 rings (SSSR count). The number of urea groups is 1. The molecule has 3 aromatic carbocycles. The van der Waals surface area contributed by atoms with E-state index in [9.17, 15) is 18.4 Å². The third-order valence-electron chi connectivity index (χ3n) is 5.08. The summed E-state index contributed by atoms with van der Waals surface area (Å²) in [6.45, 7) is -0.139. The van der Waals surface area contributed by atoms with Crippen LogP contribution in [0.1, 0.15) is 16.7 Å². The largest absolute Gasteiger partial charge is 0.493 e. The van der Waals surface area contributed by atoms with E-state index in [-0.39, 0.29) is 46.8 Å². The number of benzene rings is 3. The Balaban J connectivity index is 1.54. The molecule has 1 fully saturated rings. The standard InChI is InChI=1S/C25H19ClF2N2O4/c1-33-22-12-16(10-19(26)23(22)34-14-15-5-4-7-18(27)9-15)11-21-24(31)30(25(32)29-21)13-17-6-2-3-8-20(17)28/h2-12H,13-14H2,1H3,(H,29,32)/b21-11+. The smallest absolute Gasteiger partial charge is 0.329 e. The maximum Gasteiger partial charge on any atom is 0.329 e. The molecule has 1 N–H and O–H groups in total. The Labute approximate surface area is 199 Å². The SMILES string of the molecule is COc1cc(/C=C2/NC(=O)N(Cc3ccccc3F)C2=O)cc(Cl)c1OCc1cccc(F)c1. The fraction of sp³-hybridized carbons (Fsp3) is 0.120. The lowest BCUT2D eigenvalue weighted by Crippen LogP contribution is -2.30. The molecule has 1 heterocycles. The number of nitrogens with zero attached hydrogens (tertiary/aromatic N) is 1. The van der Waals surface area contributed by atoms with Crippen LogP contribution in [0.4, 0.5) is 13.6 Å². The van der Waals surface area contributed by atoms with Gasteiger partial charge in [0, 0.05) is 5.56 Å². The minimum Gasteiger partial charge on any atom is -0.493 e. The van der Waals surface area contributed by atoms with Crippen LogP contribution < -0.4 is 14.8 Å². The molecule has 0 aromatic heterocycles. The average molecular weight is 485 g/mol. The van der Waals surface area contributed by atoms with E-state index in [0.717, 1.165) is 4.90 Å². The highest BCUT2D eigenvalue weighted by Crippen LogP contribution is 2.37.